The van der Waals surface area contributed by atoms with Crippen molar-refractivity contribution >= 4 is 22.5 Å². The first kappa shape index (κ1) is 16.6. The van der Waals surface area contributed by atoms with Crippen molar-refractivity contribution in [2.24, 2.45) is 0 Å². The van der Waals surface area contributed by atoms with E-state index in [1.165, 1.54) is 27.8 Å². The molecule has 0 saturated carbocycles. The number of H-pyrrole nitrogens is 2. The molecule has 1 aliphatic carbocycles. The number of aromatic amines is 2. The summed E-state index contributed by atoms with van der Waals surface area (Å²) >= 11 is 0. The van der Waals surface area contributed by atoms with Crippen LogP contribution in [0.15, 0.2) is 18.3 Å². The second-order valence-electron chi connectivity index (χ2n) is 8.08. The van der Waals surface area contributed by atoms with Crippen molar-refractivity contribution < 1.29 is 4.79 Å². The SMILES string of the molecule is CCCC1(CCC)C(=O)Nc2cc3c4c([nH]c3cc21)-c1[nH]ncc1CCC4. The van der Waals surface area contributed by atoms with E-state index in [9.17, 15) is 4.79 Å². The highest BCUT2D eigenvalue weighted by Crippen LogP contribution is 2.47. The molecule has 0 saturated heterocycles. The van der Waals surface area contributed by atoms with Gasteiger partial charge in [0.05, 0.1) is 23.0 Å². The van der Waals surface area contributed by atoms with Gasteiger partial charge in [-0.05, 0) is 60.9 Å². The second-order valence-corrected chi connectivity index (χ2v) is 8.08. The Morgan fingerprint density at radius 3 is 2.70 bits per heavy atom. The highest BCUT2D eigenvalue weighted by atomic mass is 16.2. The van der Waals surface area contributed by atoms with Gasteiger partial charge >= 0.3 is 0 Å². The Bertz CT molecular complexity index is 1040. The Hall–Kier alpha value is -2.56. The summed E-state index contributed by atoms with van der Waals surface area (Å²) in [4.78, 5) is 16.6. The Morgan fingerprint density at radius 1 is 1.11 bits per heavy atom. The molecule has 5 rings (SSSR count). The van der Waals surface area contributed by atoms with Crippen molar-refractivity contribution in [3.63, 3.8) is 0 Å². The second kappa shape index (κ2) is 5.98. The third kappa shape index (κ3) is 2.23. The molecule has 5 nitrogen and oxygen atoms in total. The number of hydrogen-bond acceptors (Lipinski definition) is 2. The standard InChI is InChI=1S/C22H26N4O/c1-3-8-22(9-4-2)16-11-17-15(10-18(16)25-21(22)27)14-7-5-6-13-12-23-26-19(13)20(14)24-17/h10-12,24H,3-9H2,1-2H3,(H,23,26)(H,25,27). The van der Waals surface area contributed by atoms with Crippen LogP contribution in [0, 0.1) is 0 Å². The normalized spacial score (nSPS) is 17.3. The van der Waals surface area contributed by atoms with Gasteiger partial charge in [-0.2, -0.15) is 5.10 Å². The Labute approximate surface area is 158 Å². The fourth-order valence-electron chi connectivity index (χ4n) is 5.28. The van der Waals surface area contributed by atoms with Gasteiger partial charge in [-0.3, -0.25) is 9.89 Å². The van der Waals surface area contributed by atoms with E-state index in [1.807, 2.05) is 6.20 Å². The van der Waals surface area contributed by atoms with Gasteiger partial charge in [0.1, 0.15) is 0 Å². The molecule has 3 N–H and O–H groups in total. The van der Waals surface area contributed by atoms with Gasteiger partial charge in [-0.1, -0.05) is 26.7 Å². The van der Waals surface area contributed by atoms with Gasteiger partial charge in [-0.15, -0.1) is 0 Å². The summed E-state index contributed by atoms with van der Waals surface area (Å²) in [5.74, 6) is 0.177. The lowest BCUT2D eigenvalue weighted by atomic mass is 9.74. The van der Waals surface area contributed by atoms with E-state index < -0.39 is 0 Å². The number of carbonyl (C=O) groups excluding carboxylic acids is 1. The zero-order valence-corrected chi connectivity index (χ0v) is 16.0. The van der Waals surface area contributed by atoms with Crippen LogP contribution in [0.2, 0.25) is 0 Å². The number of nitrogens with zero attached hydrogens (tertiary/aromatic N) is 1. The summed E-state index contributed by atoms with van der Waals surface area (Å²) in [5, 5.41) is 11.9. The molecule has 27 heavy (non-hydrogen) atoms. The van der Waals surface area contributed by atoms with Crippen LogP contribution in [0.5, 0.6) is 0 Å². The minimum absolute atomic E-state index is 0.177. The van der Waals surface area contributed by atoms with Crippen LogP contribution < -0.4 is 5.32 Å². The number of hydrogen-bond donors (Lipinski definition) is 3. The van der Waals surface area contributed by atoms with E-state index in [4.69, 9.17) is 0 Å². The number of aromatic nitrogens is 3. The summed E-state index contributed by atoms with van der Waals surface area (Å²) in [6, 6.07) is 4.44. The monoisotopic (exact) mass is 362 g/mol. The highest BCUT2D eigenvalue weighted by Gasteiger charge is 2.45. The molecule has 3 heterocycles. The van der Waals surface area contributed by atoms with E-state index in [-0.39, 0.29) is 11.3 Å². The third-order valence-electron chi connectivity index (χ3n) is 6.44. The number of nitrogens with one attached hydrogen (secondary N) is 3. The molecule has 0 spiro atoms. The largest absolute Gasteiger partial charge is 0.353 e. The van der Waals surface area contributed by atoms with Gasteiger partial charge in [0.25, 0.3) is 0 Å². The fraction of sp³-hybridized carbons (Fsp3) is 0.455. The number of anilines is 1. The Balaban J connectivity index is 1.73. The summed E-state index contributed by atoms with van der Waals surface area (Å²) in [5.41, 5.74) is 7.85. The number of rotatable bonds is 4. The molecule has 3 aromatic rings. The smallest absolute Gasteiger partial charge is 0.235 e. The fourth-order valence-corrected chi connectivity index (χ4v) is 5.28. The number of aryl methyl sites for hydroxylation is 2. The molecular weight excluding hydrogens is 336 g/mol. The third-order valence-corrected chi connectivity index (χ3v) is 6.44. The van der Waals surface area contributed by atoms with Crippen LogP contribution in [0.25, 0.3) is 22.3 Å². The molecule has 0 unspecified atom stereocenters. The van der Waals surface area contributed by atoms with Crippen LogP contribution >= 0.6 is 0 Å². The molecule has 1 aromatic carbocycles. The summed E-state index contributed by atoms with van der Waals surface area (Å²) < 4.78 is 0. The molecule has 1 aliphatic heterocycles. The van der Waals surface area contributed by atoms with Crippen molar-refractivity contribution in [2.45, 2.75) is 64.2 Å². The van der Waals surface area contributed by atoms with Crippen molar-refractivity contribution in [1.82, 2.24) is 15.2 Å². The maximum Gasteiger partial charge on any atom is 0.235 e. The van der Waals surface area contributed by atoms with Gasteiger partial charge in [-0.25, -0.2) is 0 Å². The zero-order valence-electron chi connectivity index (χ0n) is 16.0. The predicted octanol–water partition coefficient (Wildman–Crippen LogP) is 4.84. The minimum atomic E-state index is -0.380. The molecule has 0 radical (unpaired) electrons. The van der Waals surface area contributed by atoms with Crippen molar-refractivity contribution in [3.8, 4) is 11.4 Å². The molecule has 0 bridgehead atoms. The van der Waals surface area contributed by atoms with E-state index in [0.29, 0.717) is 0 Å². The predicted molar refractivity (Wildman–Crippen MR) is 108 cm³/mol. The molecule has 1 amide bonds. The van der Waals surface area contributed by atoms with Crippen LogP contribution in [-0.4, -0.2) is 21.1 Å². The van der Waals surface area contributed by atoms with Crippen molar-refractivity contribution in [1.29, 1.82) is 0 Å². The maximum absolute atomic E-state index is 13.0. The van der Waals surface area contributed by atoms with Crippen LogP contribution in [0.3, 0.4) is 0 Å². The topological polar surface area (TPSA) is 73.6 Å². The molecule has 2 aromatic heterocycles. The van der Waals surface area contributed by atoms with Crippen molar-refractivity contribution in [2.75, 3.05) is 5.32 Å². The zero-order chi connectivity index (χ0) is 18.6. The van der Waals surface area contributed by atoms with E-state index in [2.05, 4.69) is 46.5 Å². The quantitative estimate of drug-likeness (QED) is 0.621. The Kier molecular flexibility index (Phi) is 3.67. The van der Waals surface area contributed by atoms with Crippen molar-refractivity contribution in [3.05, 3.63) is 35.0 Å². The van der Waals surface area contributed by atoms with E-state index in [1.54, 1.807) is 0 Å². The first-order valence-corrected chi connectivity index (χ1v) is 10.2. The Morgan fingerprint density at radius 2 is 1.93 bits per heavy atom. The summed E-state index contributed by atoms with van der Waals surface area (Å²) in [7, 11) is 0. The molecule has 2 aliphatic rings. The minimum Gasteiger partial charge on any atom is -0.353 e. The summed E-state index contributed by atoms with van der Waals surface area (Å²) in [6.45, 7) is 4.33. The molecule has 140 valence electrons. The van der Waals surface area contributed by atoms with Crippen LogP contribution in [-0.2, 0) is 23.1 Å². The molecule has 0 atom stereocenters. The number of carbonyl (C=O) groups is 1. The maximum atomic E-state index is 13.0. The average molecular weight is 362 g/mol. The molecular formula is C22H26N4O. The van der Waals surface area contributed by atoms with Gasteiger partial charge in [0, 0.05) is 16.6 Å². The first-order chi connectivity index (χ1) is 13.2. The van der Waals surface area contributed by atoms with Crippen LogP contribution in [0.4, 0.5) is 5.69 Å². The summed E-state index contributed by atoms with van der Waals surface area (Å²) in [6.07, 6.45) is 8.96. The van der Waals surface area contributed by atoms with Crippen LogP contribution in [0.1, 0.15) is 62.6 Å². The van der Waals surface area contributed by atoms with Gasteiger partial charge in [0.15, 0.2) is 0 Å². The number of benzene rings is 1. The molecule has 5 heteroatoms. The van der Waals surface area contributed by atoms with Gasteiger partial charge < -0.3 is 10.3 Å². The lowest BCUT2D eigenvalue weighted by Crippen LogP contribution is -2.34. The highest BCUT2D eigenvalue weighted by molar-refractivity contribution is 6.09. The number of amides is 1. The van der Waals surface area contributed by atoms with Gasteiger partial charge in [0.2, 0.25) is 5.91 Å². The first-order valence-electron chi connectivity index (χ1n) is 10.2. The lowest BCUT2D eigenvalue weighted by Gasteiger charge is -2.26. The lowest BCUT2D eigenvalue weighted by molar-refractivity contribution is -0.121. The van der Waals surface area contributed by atoms with E-state index in [0.717, 1.165) is 61.8 Å². The number of fused-ring (bicyclic) bond motifs is 6. The molecule has 0 fully saturated rings. The average Bonchev–Trinajstić information content (AvgIpc) is 3.28. The van der Waals surface area contributed by atoms with E-state index >= 15 is 0 Å².